The van der Waals surface area contributed by atoms with E-state index in [4.69, 9.17) is 0 Å². The van der Waals surface area contributed by atoms with Crippen molar-refractivity contribution in [1.29, 1.82) is 0 Å². The Kier molecular flexibility index (Phi) is 4.02. The highest BCUT2D eigenvalue weighted by atomic mass is 16.2. The van der Waals surface area contributed by atoms with E-state index >= 15 is 0 Å². The van der Waals surface area contributed by atoms with Crippen LogP contribution < -0.4 is 10.6 Å². The van der Waals surface area contributed by atoms with Gasteiger partial charge in [0, 0.05) is 38.2 Å². The van der Waals surface area contributed by atoms with Gasteiger partial charge in [-0.1, -0.05) is 18.2 Å². The summed E-state index contributed by atoms with van der Waals surface area (Å²) in [5.74, 6) is 0.908. The number of imide groups is 1. The maximum atomic E-state index is 13.1. The van der Waals surface area contributed by atoms with E-state index in [-0.39, 0.29) is 24.1 Å². The minimum atomic E-state index is -0.546. The van der Waals surface area contributed by atoms with Gasteiger partial charge in [-0.05, 0) is 42.5 Å². The Morgan fingerprint density at radius 3 is 2.59 bits per heavy atom. The van der Waals surface area contributed by atoms with E-state index in [0.717, 1.165) is 61.2 Å². The summed E-state index contributed by atoms with van der Waals surface area (Å²) < 4.78 is 0. The molecule has 3 fully saturated rings. The number of carbonyl (C=O) groups is 3. The predicted molar refractivity (Wildman–Crippen MR) is 97.6 cm³/mol. The third-order valence-corrected chi connectivity index (χ3v) is 6.50. The molecule has 5 rings (SSSR count). The number of piperidine rings is 1. The second-order valence-corrected chi connectivity index (χ2v) is 8.22. The summed E-state index contributed by atoms with van der Waals surface area (Å²) in [7, 11) is 0. The van der Waals surface area contributed by atoms with E-state index in [1.54, 1.807) is 4.90 Å². The van der Waals surface area contributed by atoms with Gasteiger partial charge in [0.1, 0.15) is 6.04 Å². The van der Waals surface area contributed by atoms with Crippen molar-refractivity contribution in [2.75, 3.05) is 26.2 Å². The van der Waals surface area contributed by atoms with Crippen LogP contribution in [0.3, 0.4) is 0 Å². The Morgan fingerprint density at radius 1 is 1.07 bits per heavy atom. The van der Waals surface area contributed by atoms with Gasteiger partial charge in [0.05, 0.1) is 0 Å². The lowest BCUT2D eigenvalue weighted by Gasteiger charge is -2.47. The molecule has 0 saturated carbocycles. The fourth-order valence-corrected chi connectivity index (χ4v) is 4.74. The maximum Gasteiger partial charge on any atom is 0.255 e. The van der Waals surface area contributed by atoms with Crippen molar-refractivity contribution in [1.82, 2.24) is 20.4 Å². The van der Waals surface area contributed by atoms with E-state index in [2.05, 4.69) is 15.5 Å². The number of benzene rings is 1. The molecule has 7 nitrogen and oxygen atoms in total. The molecule has 1 aromatic carbocycles. The third kappa shape index (κ3) is 2.85. The van der Waals surface area contributed by atoms with Crippen LogP contribution in [-0.2, 0) is 22.7 Å². The first-order valence-electron chi connectivity index (χ1n) is 9.78. The zero-order valence-corrected chi connectivity index (χ0v) is 15.2. The largest absolute Gasteiger partial charge is 0.322 e. The first-order valence-corrected chi connectivity index (χ1v) is 9.78. The van der Waals surface area contributed by atoms with Crippen LogP contribution in [0.5, 0.6) is 0 Å². The van der Waals surface area contributed by atoms with E-state index < -0.39 is 6.04 Å². The second kappa shape index (κ2) is 6.42. The van der Waals surface area contributed by atoms with Crippen LogP contribution in [0.1, 0.15) is 34.3 Å². The number of hydrogen-bond acceptors (Lipinski definition) is 5. The Bertz CT molecular complexity index is 813. The number of nitrogens with one attached hydrogen (secondary N) is 2. The van der Waals surface area contributed by atoms with E-state index in [1.807, 2.05) is 18.2 Å². The number of hydrogen-bond donors (Lipinski definition) is 2. The highest BCUT2D eigenvalue weighted by Gasteiger charge is 2.41. The van der Waals surface area contributed by atoms with Gasteiger partial charge in [-0.2, -0.15) is 0 Å². The predicted octanol–water partition coefficient (Wildman–Crippen LogP) is 0.0988. The molecule has 1 unspecified atom stereocenters. The summed E-state index contributed by atoms with van der Waals surface area (Å²) in [5.41, 5.74) is 2.80. The molecule has 0 aromatic heterocycles. The minimum Gasteiger partial charge on any atom is -0.322 e. The van der Waals surface area contributed by atoms with Gasteiger partial charge < -0.3 is 10.2 Å². The van der Waals surface area contributed by atoms with E-state index in [9.17, 15) is 14.4 Å². The van der Waals surface area contributed by atoms with Crippen molar-refractivity contribution >= 4 is 17.7 Å². The van der Waals surface area contributed by atoms with E-state index in [1.165, 1.54) is 0 Å². The van der Waals surface area contributed by atoms with Crippen molar-refractivity contribution in [2.24, 2.45) is 11.8 Å². The lowest BCUT2D eigenvalue weighted by Crippen LogP contribution is -2.57. The molecule has 0 spiro atoms. The van der Waals surface area contributed by atoms with Crippen LogP contribution in [0.4, 0.5) is 0 Å². The lowest BCUT2D eigenvalue weighted by atomic mass is 9.81. The van der Waals surface area contributed by atoms with Crippen molar-refractivity contribution in [2.45, 2.75) is 32.0 Å². The minimum absolute atomic E-state index is 0.0737. The maximum absolute atomic E-state index is 13.1. The highest BCUT2D eigenvalue weighted by Crippen LogP contribution is 2.33. The molecule has 27 heavy (non-hydrogen) atoms. The van der Waals surface area contributed by atoms with Crippen LogP contribution in [0, 0.1) is 11.8 Å². The lowest BCUT2D eigenvalue weighted by molar-refractivity contribution is -0.136. The molecule has 0 bridgehead atoms. The van der Waals surface area contributed by atoms with E-state index in [0.29, 0.717) is 13.0 Å². The molecular formula is C20H24N4O3. The molecule has 4 heterocycles. The molecule has 0 aliphatic carbocycles. The summed E-state index contributed by atoms with van der Waals surface area (Å²) in [5, 5.41) is 5.69. The molecule has 3 saturated heterocycles. The Hall–Kier alpha value is -2.25. The number of amides is 3. The molecule has 2 N–H and O–H groups in total. The van der Waals surface area contributed by atoms with Crippen molar-refractivity contribution in [3.63, 3.8) is 0 Å². The molecule has 1 aromatic rings. The van der Waals surface area contributed by atoms with Crippen molar-refractivity contribution in [3.05, 3.63) is 34.9 Å². The zero-order valence-electron chi connectivity index (χ0n) is 15.2. The average Bonchev–Trinajstić information content (AvgIpc) is 2.89. The van der Waals surface area contributed by atoms with Gasteiger partial charge in [0.2, 0.25) is 11.8 Å². The van der Waals surface area contributed by atoms with Gasteiger partial charge in [0.25, 0.3) is 5.91 Å². The third-order valence-electron chi connectivity index (χ3n) is 6.50. The molecule has 3 amide bonds. The number of rotatable bonds is 4. The van der Waals surface area contributed by atoms with Crippen LogP contribution in [0.25, 0.3) is 0 Å². The molecule has 0 radical (unpaired) electrons. The molecule has 4 aliphatic heterocycles. The van der Waals surface area contributed by atoms with Gasteiger partial charge in [-0.3, -0.25) is 24.6 Å². The normalized spacial score (nSPS) is 26.6. The van der Waals surface area contributed by atoms with Gasteiger partial charge in [-0.15, -0.1) is 0 Å². The van der Waals surface area contributed by atoms with Crippen molar-refractivity contribution in [3.8, 4) is 0 Å². The SMILES string of the molecule is O=C1CCC(N2Cc3cccc(CN4CC(C5CNC5)C4)c3C2=O)C(=O)N1. The Morgan fingerprint density at radius 2 is 1.89 bits per heavy atom. The summed E-state index contributed by atoms with van der Waals surface area (Å²) in [6.07, 6.45) is 0.692. The van der Waals surface area contributed by atoms with Gasteiger partial charge in [-0.25, -0.2) is 0 Å². The number of likely N-dealkylation sites (tertiary alicyclic amines) is 1. The Balaban J connectivity index is 1.30. The second-order valence-electron chi connectivity index (χ2n) is 8.22. The average molecular weight is 368 g/mol. The van der Waals surface area contributed by atoms with Crippen LogP contribution in [0.2, 0.25) is 0 Å². The van der Waals surface area contributed by atoms with Gasteiger partial charge in [0.15, 0.2) is 0 Å². The first kappa shape index (κ1) is 16.9. The van der Waals surface area contributed by atoms with Crippen LogP contribution in [-0.4, -0.2) is 59.7 Å². The zero-order chi connectivity index (χ0) is 18.5. The smallest absolute Gasteiger partial charge is 0.255 e. The first-order chi connectivity index (χ1) is 13.1. The fourth-order valence-electron chi connectivity index (χ4n) is 4.74. The molecule has 1 atom stereocenters. The fraction of sp³-hybridized carbons (Fsp3) is 0.550. The summed E-state index contributed by atoms with van der Waals surface area (Å²) in [6.45, 7) is 5.71. The molecular weight excluding hydrogens is 344 g/mol. The number of fused-ring (bicyclic) bond motifs is 1. The van der Waals surface area contributed by atoms with Crippen LogP contribution in [0.15, 0.2) is 18.2 Å². The van der Waals surface area contributed by atoms with Crippen LogP contribution >= 0.6 is 0 Å². The highest BCUT2D eigenvalue weighted by molar-refractivity contribution is 6.05. The number of nitrogens with zero attached hydrogens (tertiary/aromatic N) is 2. The summed E-state index contributed by atoms with van der Waals surface area (Å²) in [4.78, 5) is 40.7. The van der Waals surface area contributed by atoms with Crippen molar-refractivity contribution < 1.29 is 14.4 Å². The summed E-state index contributed by atoms with van der Waals surface area (Å²) in [6, 6.07) is 5.46. The molecule has 142 valence electrons. The molecule has 7 heteroatoms. The summed E-state index contributed by atoms with van der Waals surface area (Å²) >= 11 is 0. The quantitative estimate of drug-likeness (QED) is 0.737. The monoisotopic (exact) mass is 368 g/mol. The number of carbonyl (C=O) groups excluding carboxylic acids is 3. The standard InChI is InChI=1S/C20H24N4O3/c25-17-5-4-16(19(26)22-17)24-11-13-3-1-2-12(18(13)20(24)27)8-23-9-15(10-23)14-6-21-7-14/h1-3,14-16,21H,4-11H2,(H,22,25,26). The Labute approximate surface area is 158 Å². The molecule has 4 aliphatic rings. The topological polar surface area (TPSA) is 81.8 Å². The van der Waals surface area contributed by atoms with Gasteiger partial charge >= 0.3 is 0 Å².